The van der Waals surface area contributed by atoms with Crippen molar-refractivity contribution in [3.63, 3.8) is 0 Å². The second kappa shape index (κ2) is 8.67. The zero-order chi connectivity index (χ0) is 14.3. The molecule has 19 heavy (non-hydrogen) atoms. The highest BCUT2D eigenvalue weighted by Crippen LogP contribution is 2.15. The Balaban J connectivity index is 2.81. The number of aromatic nitrogens is 1. The van der Waals surface area contributed by atoms with Crippen LogP contribution in [0.5, 0.6) is 0 Å². The van der Waals surface area contributed by atoms with Crippen LogP contribution in [0.15, 0.2) is 16.6 Å². The van der Waals surface area contributed by atoms with Gasteiger partial charge in [-0.2, -0.15) is 0 Å². The summed E-state index contributed by atoms with van der Waals surface area (Å²) in [5.74, 6) is 0. The van der Waals surface area contributed by atoms with Crippen molar-refractivity contribution >= 4 is 15.9 Å². The van der Waals surface area contributed by atoms with Gasteiger partial charge in [0.2, 0.25) is 0 Å². The van der Waals surface area contributed by atoms with Crippen LogP contribution in [0.1, 0.15) is 39.1 Å². The van der Waals surface area contributed by atoms with Gasteiger partial charge in [0, 0.05) is 17.6 Å². The molecule has 108 valence electrons. The monoisotopic (exact) mass is 327 g/mol. The van der Waals surface area contributed by atoms with Crippen LogP contribution in [0.3, 0.4) is 0 Å². The molecule has 0 amide bonds. The fourth-order valence-corrected chi connectivity index (χ4v) is 2.65. The summed E-state index contributed by atoms with van der Waals surface area (Å²) in [5, 5.41) is 0. The molecule has 0 unspecified atom stereocenters. The van der Waals surface area contributed by atoms with E-state index in [4.69, 9.17) is 4.98 Å². The average molecular weight is 328 g/mol. The van der Waals surface area contributed by atoms with Crippen LogP contribution in [-0.4, -0.2) is 41.0 Å². The van der Waals surface area contributed by atoms with Gasteiger partial charge in [-0.05, 0) is 38.3 Å². The molecular formula is C15H26BrN3. The van der Waals surface area contributed by atoms with E-state index in [0.29, 0.717) is 0 Å². The molecule has 0 bridgehead atoms. The lowest BCUT2D eigenvalue weighted by Gasteiger charge is -2.20. The Hall–Kier alpha value is -0.450. The fraction of sp³-hybridized carbons (Fsp3) is 0.667. The minimum Gasteiger partial charge on any atom is -0.298 e. The summed E-state index contributed by atoms with van der Waals surface area (Å²) in [6.07, 6.45) is 0. The van der Waals surface area contributed by atoms with Gasteiger partial charge in [0.1, 0.15) is 0 Å². The lowest BCUT2D eigenvalue weighted by atomic mass is 10.2. The number of nitrogens with zero attached hydrogens (tertiary/aromatic N) is 3. The maximum atomic E-state index is 4.79. The van der Waals surface area contributed by atoms with Crippen LogP contribution in [0.25, 0.3) is 0 Å². The minimum absolute atomic E-state index is 0.928. The summed E-state index contributed by atoms with van der Waals surface area (Å²) in [6, 6.07) is 4.26. The third-order valence-corrected chi connectivity index (χ3v) is 3.91. The summed E-state index contributed by atoms with van der Waals surface area (Å²) in [5.41, 5.74) is 2.31. The number of hydrogen-bond donors (Lipinski definition) is 0. The van der Waals surface area contributed by atoms with E-state index >= 15 is 0 Å². The molecule has 4 heteroatoms. The Morgan fingerprint density at radius 3 is 1.53 bits per heavy atom. The molecule has 0 aliphatic carbocycles. The molecule has 0 fully saturated rings. The van der Waals surface area contributed by atoms with Crippen molar-refractivity contribution in [3.05, 3.63) is 28.0 Å². The van der Waals surface area contributed by atoms with Crippen molar-refractivity contribution in [2.75, 3.05) is 26.2 Å². The Bertz CT molecular complexity index is 341. The van der Waals surface area contributed by atoms with Crippen molar-refractivity contribution < 1.29 is 0 Å². The standard InChI is InChI=1S/C15H26BrN3/c1-5-18(6-2)11-14-9-13(16)10-15(17-14)12-19(7-3)8-4/h9-10H,5-8,11-12H2,1-4H3. The van der Waals surface area contributed by atoms with Gasteiger partial charge in [-0.1, -0.05) is 43.6 Å². The number of rotatable bonds is 8. The Kier molecular flexibility index (Phi) is 7.57. The summed E-state index contributed by atoms with van der Waals surface area (Å²) in [4.78, 5) is 9.56. The van der Waals surface area contributed by atoms with Crippen molar-refractivity contribution in [2.45, 2.75) is 40.8 Å². The van der Waals surface area contributed by atoms with Crippen LogP contribution in [0.2, 0.25) is 0 Å². The number of pyridine rings is 1. The van der Waals surface area contributed by atoms with Crippen LogP contribution in [0.4, 0.5) is 0 Å². The van der Waals surface area contributed by atoms with E-state index < -0.39 is 0 Å². The summed E-state index contributed by atoms with van der Waals surface area (Å²) < 4.78 is 1.13. The first-order valence-electron chi connectivity index (χ1n) is 7.22. The van der Waals surface area contributed by atoms with Gasteiger partial charge in [0.15, 0.2) is 0 Å². The van der Waals surface area contributed by atoms with Crippen LogP contribution in [0, 0.1) is 0 Å². The van der Waals surface area contributed by atoms with Crippen LogP contribution < -0.4 is 0 Å². The molecule has 0 radical (unpaired) electrons. The van der Waals surface area contributed by atoms with Gasteiger partial charge in [-0.15, -0.1) is 0 Å². The molecule has 0 atom stereocenters. The van der Waals surface area contributed by atoms with Crippen molar-refractivity contribution in [1.82, 2.24) is 14.8 Å². The SMILES string of the molecule is CCN(CC)Cc1cc(Br)cc(CN(CC)CC)n1. The molecule has 1 heterocycles. The highest BCUT2D eigenvalue weighted by atomic mass is 79.9. The van der Waals surface area contributed by atoms with E-state index in [2.05, 4.69) is 65.6 Å². The Morgan fingerprint density at radius 1 is 0.842 bits per heavy atom. The summed E-state index contributed by atoms with van der Waals surface area (Å²) >= 11 is 3.60. The average Bonchev–Trinajstić information content (AvgIpc) is 2.41. The maximum absolute atomic E-state index is 4.79. The van der Waals surface area contributed by atoms with Gasteiger partial charge >= 0.3 is 0 Å². The zero-order valence-corrected chi connectivity index (χ0v) is 14.2. The van der Waals surface area contributed by atoms with Gasteiger partial charge in [0.25, 0.3) is 0 Å². The lowest BCUT2D eigenvalue weighted by Crippen LogP contribution is -2.25. The van der Waals surface area contributed by atoms with Crippen molar-refractivity contribution in [1.29, 1.82) is 0 Å². The van der Waals surface area contributed by atoms with E-state index in [-0.39, 0.29) is 0 Å². The predicted octanol–water partition coefficient (Wildman–Crippen LogP) is 3.53. The Morgan fingerprint density at radius 2 is 1.21 bits per heavy atom. The van der Waals surface area contributed by atoms with E-state index in [1.807, 2.05) is 0 Å². The highest BCUT2D eigenvalue weighted by molar-refractivity contribution is 9.10. The van der Waals surface area contributed by atoms with Crippen LogP contribution in [-0.2, 0) is 13.1 Å². The number of hydrogen-bond acceptors (Lipinski definition) is 3. The molecule has 0 spiro atoms. The zero-order valence-electron chi connectivity index (χ0n) is 12.6. The minimum atomic E-state index is 0.928. The molecule has 1 aromatic rings. The predicted molar refractivity (Wildman–Crippen MR) is 85.2 cm³/mol. The molecule has 0 saturated heterocycles. The normalized spacial score (nSPS) is 11.5. The quantitative estimate of drug-likeness (QED) is 0.728. The molecule has 0 aliphatic rings. The highest BCUT2D eigenvalue weighted by Gasteiger charge is 2.08. The lowest BCUT2D eigenvalue weighted by molar-refractivity contribution is 0.284. The molecule has 3 nitrogen and oxygen atoms in total. The first-order chi connectivity index (χ1) is 9.12. The second-order valence-electron chi connectivity index (χ2n) is 4.69. The molecular weight excluding hydrogens is 302 g/mol. The molecule has 0 N–H and O–H groups in total. The fourth-order valence-electron chi connectivity index (χ4n) is 2.12. The number of halogens is 1. The van der Waals surface area contributed by atoms with E-state index in [9.17, 15) is 0 Å². The van der Waals surface area contributed by atoms with Gasteiger partial charge in [-0.3, -0.25) is 14.8 Å². The Labute approximate surface area is 126 Å². The molecule has 1 aromatic heterocycles. The smallest absolute Gasteiger partial charge is 0.0559 e. The van der Waals surface area contributed by atoms with E-state index in [0.717, 1.165) is 55.1 Å². The molecule has 1 rings (SSSR count). The summed E-state index contributed by atoms with van der Waals surface area (Å²) in [6.45, 7) is 14.9. The molecule has 0 saturated carbocycles. The van der Waals surface area contributed by atoms with Gasteiger partial charge < -0.3 is 0 Å². The van der Waals surface area contributed by atoms with E-state index in [1.165, 1.54) is 0 Å². The molecule has 0 aromatic carbocycles. The third-order valence-electron chi connectivity index (χ3n) is 3.46. The van der Waals surface area contributed by atoms with E-state index in [1.54, 1.807) is 0 Å². The maximum Gasteiger partial charge on any atom is 0.0559 e. The first kappa shape index (κ1) is 16.6. The molecule has 0 aliphatic heterocycles. The summed E-state index contributed by atoms with van der Waals surface area (Å²) in [7, 11) is 0. The third kappa shape index (κ3) is 5.59. The first-order valence-corrected chi connectivity index (χ1v) is 8.02. The van der Waals surface area contributed by atoms with Crippen molar-refractivity contribution in [2.24, 2.45) is 0 Å². The topological polar surface area (TPSA) is 19.4 Å². The van der Waals surface area contributed by atoms with Gasteiger partial charge in [0.05, 0.1) is 11.4 Å². The van der Waals surface area contributed by atoms with Crippen LogP contribution >= 0.6 is 15.9 Å². The van der Waals surface area contributed by atoms with Gasteiger partial charge in [-0.25, -0.2) is 0 Å². The largest absolute Gasteiger partial charge is 0.298 e. The second-order valence-corrected chi connectivity index (χ2v) is 5.61. The van der Waals surface area contributed by atoms with Crippen molar-refractivity contribution in [3.8, 4) is 0 Å².